The van der Waals surface area contributed by atoms with Crippen LogP contribution in [0.15, 0.2) is 39.1 Å². The number of fused-ring (bicyclic) bond motifs is 1. The van der Waals surface area contributed by atoms with Crippen LogP contribution >= 0.6 is 23.2 Å². The van der Waals surface area contributed by atoms with Crippen LogP contribution in [0.4, 0.5) is 4.79 Å². The van der Waals surface area contributed by atoms with Crippen molar-refractivity contribution in [2.45, 2.75) is 12.5 Å². The molecule has 2 aliphatic rings. The summed E-state index contributed by atoms with van der Waals surface area (Å²) < 4.78 is 0. The number of primary amides is 1. The van der Waals surface area contributed by atoms with Crippen LogP contribution in [0.5, 0.6) is 0 Å². The van der Waals surface area contributed by atoms with E-state index in [-0.39, 0.29) is 6.04 Å². The lowest BCUT2D eigenvalue weighted by atomic mass is 9.91. The third kappa shape index (κ3) is 2.62. The van der Waals surface area contributed by atoms with Crippen LogP contribution in [0.2, 0.25) is 0 Å². The highest BCUT2D eigenvalue weighted by molar-refractivity contribution is 6.45. The number of allylic oxidation sites excluding steroid dienone is 3. The summed E-state index contributed by atoms with van der Waals surface area (Å²) in [5, 5.41) is 8.06. The topological polar surface area (TPSA) is 79.5 Å². The van der Waals surface area contributed by atoms with Crippen molar-refractivity contribution >= 4 is 34.9 Å². The van der Waals surface area contributed by atoms with Gasteiger partial charge in [0, 0.05) is 6.20 Å². The minimum Gasteiger partial charge on any atom is -0.378 e. The Bertz CT molecular complexity index is 479. The van der Waals surface area contributed by atoms with E-state index in [1.165, 1.54) is 0 Å². The van der Waals surface area contributed by atoms with Gasteiger partial charge < -0.3 is 11.1 Å². The van der Waals surface area contributed by atoms with Gasteiger partial charge in [0.25, 0.3) is 0 Å². The van der Waals surface area contributed by atoms with E-state index in [9.17, 15) is 4.79 Å². The van der Waals surface area contributed by atoms with Crippen molar-refractivity contribution in [3.8, 4) is 0 Å². The predicted octanol–water partition coefficient (Wildman–Crippen LogP) is 1.52. The number of halogens is 2. The van der Waals surface area contributed by atoms with Gasteiger partial charge in [0.05, 0.1) is 16.1 Å². The van der Waals surface area contributed by atoms with Crippen LogP contribution < -0.4 is 16.5 Å². The average Bonchev–Trinajstić information content (AvgIpc) is 2.27. The normalized spacial score (nSPS) is 25.2. The molecule has 0 aromatic heterocycles. The van der Waals surface area contributed by atoms with E-state index in [1.54, 1.807) is 6.20 Å². The standard InChI is InChI=1S/C10H10Cl2N4O/c11-6-3-5-1-2-7(12)9(8(5)14-4-6)15-16-10(13)17/h2-4,8,14H,1H2,(H3,13,16,17). The molecule has 0 spiro atoms. The average molecular weight is 273 g/mol. The van der Waals surface area contributed by atoms with Crippen molar-refractivity contribution in [1.82, 2.24) is 10.7 Å². The second-order valence-electron chi connectivity index (χ2n) is 3.58. The fourth-order valence-corrected chi connectivity index (χ4v) is 2.12. The first-order chi connectivity index (χ1) is 8.08. The van der Waals surface area contributed by atoms with E-state index in [0.29, 0.717) is 22.2 Å². The maximum atomic E-state index is 10.6. The number of amides is 2. The van der Waals surface area contributed by atoms with Crippen LogP contribution in [0.1, 0.15) is 6.42 Å². The molecule has 0 aromatic carbocycles. The highest BCUT2D eigenvalue weighted by Gasteiger charge is 2.28. The largest absolute Gasteiger partial charge is 0.378 e. The summed E-state index contributed by atoms with van der Waals surface area (Å²) >= 11 is 11.9. The Labute approximate surface area is 108 Å². The molecule has 1 heterocycles. The summed E-state index contributed by atoms with van der Waals surface area (Å²) in [5.74, 6) is 0. The molecule has 90 valence electrons. The van der Waals surface area contributed by atoms with Crippen LogP contribution in [-0.4, -0.2) is 17.8 Å². The first-order valence-corrected chi connectivity index (χ1v) is 5.65. The second-order valence-corrected chi connectivity index (χ2v) is 4.42. The number of rotatable bonds is 1. The van der Waals surface area contributed by atoms with Gasteiger partial charge >= 0.3 is 6.03 Å². The lowest BCUT2D eigenvalue weighted by Gasteiger charge is -2.28. The molecule has 0 radical (unpaired) electrons. The van der Waals surface area contributed by atoms with Gasteiger partial charge in [0.15, 0.2) is 0 Å². The summed E-state index contributed by atoms with van der Waals surface area (Å²) in [6.07, 6.45) is 6.01. The number of dihydropyridines is 1. The fraction of sp³-hybridized carbons (Fsp3) is 0.200. The summed E-state index contributed by atoms with van der Waals surface area (Å²) in [6, 6.07) is -0.913. The van der Waals surface area contributed by atoms with Gasteiger partial charge in [-0.05, 0) is 18.1 Å². The van der Waals surface area contributed by atoms with E-state index in [2.05, 4.69) is 15.8 Å². The van der Waals surface area contributed by atoms with Crippen LogP contribution in [0.3, 0.4) is 0 Å². The molecule has 0 fully saturated rings. The lowest BCUT2D eigenvalue weighted by molar-refractivity contribution is 0.249. The zero-order chi connectivity index (χ0) is 12.4. The number of carbonyl (C=O) groups is 1. The Morgan fingerprint density at radius 2 is 2.35 bits per heavy atom. The van der Waals surface area contributed by atoms with E-state index in [0.717, 1.165) is 5.57 Å². The summed E-state index contributed by atoms with van der Waals surface area (Å²) in [4.78, 5) is 10.6. The highest BCUT2D eigenvalue weighted by Crippen LogP contribution is 2.28. The lowest BCUT2D eigenvalue weighted by Crippen LogP contribution is -2.41. The minimum absolute atomic E-state index is 0.179. The summed E-state index contributed by atoms with van der Waals surface area (Å²) in [6.45, 7) is 0. The summed E-state index contributed by atoms with van der Waals surface area (Å²) in [7, 11) is 0. The molecule has 2 rings (SSSR count). The van der Waals surface area contributed by atoms with Crippen molar-refractivity contribution in [3.05, 3.63) is 34.0 Å². The molecule has 1 unspecified atom stereocenters. The van der Waals surface area contributed by atoms with Gasteiger partial charge in [-0.3, -0.25) is 0 Å². The fourth-order valence-electron chi connectivity index (χ4n) is 1.69. The van der Waals surface area contributed by atoms with Crippen molar-refractivity contribution in [3.63, 3.8) is 0 Å². The van der Waals surface area contributed by atoms with Gasteiger partial charge in [-0.2, -0.15) is 5.10 Å². The molecule has 5 nitrogen and oxygen atoms in total. The summed E-state index contributed by atoms with van der Waals surface area (Å²) in [5.41, 5.74) is 8.68. The minimum atomic E-state index is -0.734. The van der Waals surface area contributed by atoms with E-state index >= 15 is 0 Å². The van der Waals surface area contributed by atoms with Crippen LogP contribution in [0, 0.1) is 0 Å². The van der Waals surface area contributed by atoms with Gasteiger partial charge in [-0.25, -0.2) is 10.2 Å². The predicted molar refractivity (Wildman–Crippen MR) is 67.6 cm³/mol. The van der Waals surface area contributed by atoms with Gasteiger partial charge in [-0.15, -0.1) is 0 Å². The Balaban J connectivity index is 2.29. The molecule has 4 N–H and O–H groups in total. The maximum Gasteiger partial charge on any atom is 0.332 e. The number of urea groups is 1. The zero-order valence-corrected chi connectivity index (χ0v) is 10.2. The smallest absolute Gasteiger partial charge is 0.332 e. The number of hydrogen-bond acceptors (Lipinski definition) is 3. The zero-order valence-electron chi connectivity index (χ0n) is 8.71. The molecule has 0 saturated carbocycles. The van der Waals surface area contributed by atoms with Crippen molar-refractivity contribution in [1.29, 1.82) is 0 Å². The van der Waals surface area contributed by atoms with Gasteiger partial charge in [-0.1, -0.05) is 29.3 Å². The molecule has 1 aliphatic heterocycles. The molecular formula is C10H10Cl2N4O. The molecular weight excluding hydrogens is 263 g/mol. The van der Waals surface area contributed by atoms with E-state index in [4.69, 9.17) is 28.9 Å². The number of nitrogens with zero attached hydrogens (tertiary/aromatic N) is 1. The number of nitrogens with one attached hydrogen (secondary N) is 2. The molecule has 1 aliphatic carbocycles. The molecule has 0 aromatic rings. The third-order valence-corrected chi connectivity index (χ3v) is 2.97. The van der Waals surface area contributed by atoms with Crippen molar-refractivity contribution in [2.24, 2.45) is 10.8 Å². The first-order valence-electron chi connectivity index (χ1n) is 4.89. The first kappa shape index (κ1) is 12.0. The molecule has 17 heavy (non-hydrogen) atoms. The SMILES string of the molecule is NC(=O)NN=C1C(Cl)=CCC2=CC(Cl)=CNC21. The number of nitrogens with two attached hydrogens (primary N) is 1. The molecule has 2 amide bonds. The monoisotopic (exact) mass is 272 g/mol. The quantitative estimate of drug-likeness (QED) is 0.633. The van der Waals surface area contributed by atoms with E-state index < -0.39 is 6.03 Å². The van der Waals surface area contributed by atoms with Crippen LogP contribution in [0.25, 0.3) is 0 Å². The number of hydrogen-bond donors (Lipinski definition) is 3. The Kier molecular flexibility index (Phi) is 3.40. The molecule has 1 atom stereocenters. The highest BCUT2D eigenvalue weighted by atomic mass is 35.5. The van der Waals surface area contributed by atoms with Crippen LogP contribution in [-0.2, 0) is 0 Å². The Morgan fingerprint density at radius 3 is 3.06 bits per heavy atom. The molecule has 7 heteroatoms. The third-order valence-electron chi connectivity index (χ3n) is 2.40. The van der Waals surface area contributed by atoms with Crippen molar-refractivity contribution in [2.75, 3.05) is 0 Å². The number of carbonyl (C=O) groups excluding carboxylic acids is 1. The maximum absolute atomic E-state index is 10.6. The Morgan fingerprint density at radius 1 is 1.59 bits per heavy atom. The molecule has 0 saturated heterocycles. The van der Waals surface area contributed by atoms with Gasteiger partial charge in [0.1, 0.15) is 5.71 Å². The van der Waals surface area contributed by atoms with Gasteiger partial charge in [0.2, 0.25) is 0 Å². The van der Waals surface area contributed by atoms with Crippen molar-refractivity contribution < 1.29 is 4.79 Å². The molecule has 0 bridgehead atoms. The number of hydrazone groups is 1. The second kappa shape index (κ2) is 4.81. The Hall–Kier alpha value is -1.46. The van der Waals surface area contributed by atoms with E-state index in [1.807, 2.05) is 12.2 Å².